The van der Waals surface area contributed by atoms with E-state index in [0.717, 1.165) is 25.0 Å². The summed E-state index contributed by atoms with van der Waals surface area (Å²) in [6.45, 7) is 3.65. The number of ether oxygens (including phenoxy) is 1. The molecule has 4 nitrogen and oxygen atoms in total. The van der Waals surface area contributed by atoms with E-state index < -0.39 is 24.1 Å². The minimum absolute atomic E-state index is 0.0780. The molecule has 0 aliphatic carbocycles. The predicted octanol–water partition coefficient (Wildman–Crippen LogP) is 1.11. The number of hydrogen-bond donors (Lipinski definition) is 4. The largest absolute Gasteiger partial charge is 0.496 e. The monoisotopic (exact) mass is 264 g/mol. The molecule has 0 bridgehead atoms. The van der Waals surface area contributed by atoms with Crippen molar-refractivity contribution >= 4 is 12.6 Å². The van der Waals surface area contributed by atoms with Gasteiger partial charge in [-0.1, -0.05) is 13.3 Å². The second kappa shape index (κ2) is 9.76. The fraction of sp³-hybridized carbons (Fsp3) is 0.833. The molecule has 3 N–H and O–H groups in total. The van der Waals surface area contributed by atoms with Crippen LogP contribution in [0.4, 0.5) is 0 Å². The van der Waals surface area contributed by atoms with E-state index in [1.807, 2.05) is 13.0 Å². The van der Waals surface area contributed by atoms with E-state index >= 15 is 0 Å². The first-order valence-electron chi connectivity index (χ1n) is 5.99. The molecule has 0 saturated heterocycles. The minimum Gasteiger partial charge on any atom is -0.496 e. The van der Waals surface area contributed by atoms with E-state index in [4.69, 9.17) is 9.84 Å². The smallest absolute Gasteiger partial charge is 0.115 e. The predicted molar refractivity (Wildman–Crippen MR) is 71.1 cm³/mol. The number of aliphatic hydroxyl groups is 3. The van der Waals surface area contributed by atoms with Crippen LogP contribution in [0.25, 0.3) is 0 Å². The minimum atomic E-state index is -1.04. The van der Waals surface area contributed by atoms with Crippen LogP contribution in [0.2, 0.25) is 0 Å². The molecular formula is C12H24O4S. The summed E-state index contributed by atoms with van der Waals surface area (Å²) in [4.78, 5) is 0. The molecule has 0 spiro atoms. The first kappa shape index (κ1) is 16.8. The Kier molecular flexibility index (Phi) is 9.63. The molecule has 102 valence electrons. The van der Waals surface area contributed by atoms with Crippen molar-refractivity contribution in [3.05, 3.63) is 11.8 Å². The lowest BCUT2D eigenvalue weighted by Crippen LogP contribution is -2.38. The molecule has 0 fully saturated rings. The Hall–Kier alpha value is -0.230. The molecule has 0 aromatic rings. The lowest BCUT2D eigenvalue weighted by Gasteiger charge is -2.22. The topological polar surface area (TPSA) is 69.9 Å². The lowest BCUT2D eigenvalue weighted by molar-refractivity contribution is 0.0155. The van der Waals surface area contributed by atoms with Gasteiger partial charge in [0.2, 0.25) is 0 Å². The fourth-order valence-electron chi connectivity index (χ4n) is 1.31. The molecule has 0 aromatic carbocycles. The summed E-state index contributed by atoms with van der Waals surface area (Å²) in [5.74, 6) is 0.838. The summed E-state index contributed by atoms with van der Waals surface area (Å²) in [6.07, 6.45) is 2.90. The molecular weight excluding hydrogens is 240 g/mol. The standard InChI is InChI=1S/C12H24O4S/c1-3-5-6-9(4-2)16-8-11(15)12(17)10(14)7-13/h4,10-15,17H,3,5-8H2,1-2H3/b9-4-/t10?,11-,12-/m0/s1. The summed E-state index contributed by atoms with van der Waals surface area (Å²) < 4.78 is 5.44. The number of unbranched alkanes of at least 4 members (excludes halogenated alkanes) is 1. The second-order valence-electron chi connectivity index (χ2n) is 3.98. The maximum absolute atomic E-state index is 9.69. The first-order valence-corrected chi connectivity index (χ1v) is 6.51. The molecule has 3 atom stereocenters. The number of allylic oxidation sites excluding steroid dienone is 2. The van der Waals surface area contributed by atoms with Crippen molar-refractivity contribution in [2.75, 3.05) is 13.2 Å². The summed E-state index contributed by atoms with van der Waals surface area (Å²) in [5, 5.41) is 27.0. The van der Waals surface area contributed by atoms with Crippen molar-refractivity contribution in [3.63, 3.8) is 0 Å². The number of rotatable bonds is 9. The van der Waals surface area contributed by atoms with Crippen LogP contribution in [0, 0.1) is 0 Å². The van der Waals surface area contributed by atoms with E-state index in [2.05, 4.69) is 19.6 Å². The molecule has 0 radical (unpaired) electrons. The van der Waals surface area contributed by atoms with E-state index in [0.29, 0.717) is 0 Å². The van der Waals surface area contributed by atoms with Gasteiger partial charge in [0, 0.05) is 6.42 Å². The maximum Gasteiger partial charge on any atom is 0.115 e. The van der Waals surface area contributed by atoms with E-state index in [9.17, 15) is 10.2 Å². The zero-order valence-electron chi connectivity index (χ0n) is 10.5. The van der Waals surface area contributed by atoms with Gasteiger partial charge >= 0.3 is 0 Å². The summed E-state index contributed by atoms with van der Waals surface area (Å²) >= 11 is 4.04. The normalized spacial score (nSPS) is 17.6. The molecule has 0 amide bonds. The number of aliphatic hydroxyl groups excluding tert-OH is 3. The summed E-state index contributed by atoms with van der Waals surface area (Å²) in [5.41, 5.74) is 0. The lowest BCUT2D eigenvalue weighted by atomic mass is 10.1. The van der Waals surface area contributed by atoms with Gasteiger partial charge in [-0.05, 0) is 19.4 Å². The van der Waals surface area contributed by atoms with Gasteiger partial charge in [0.05, 0.1) is 23.7 Å². The molecule has 0 aromatic heterocycles. The van der Waals surface area contributed by atoms with Crippen molar-refractivity contribution in [2.24, 2.45) is 0 Å². The van der Waals surface area contributed by atoms with Gasteiger partial charge in [0.15, 0.2) is 0 Å². The van der Waals surface area contributed by atoms with E-state index in [-0.39, 0.29) is 6.61 Å². The third-order valence-electron chi connectivity index (χ3n) is 2.51. The SMILES string of the molecule is C/C=C(/CCCC)OC[C@H](O)[C@@H](S)C(O)CO. The highest BCUT2D eigenvalue weighted by atomic mass is 32.1. The highest BCUT2D eigenvalue weighted by molar-refractivity contribution is 7.81. The Morgan fingerprint density at radius 1 is 1.35 bits per heavy atom. The molecule has 0 heterocycles. The Bertz CT molecular complexity index is 221. The Balaban J connectivity index is 4.00. The summed E-state index contributed by atoms with van der Waals surface area (Å²) in [7, 11) is 0. The van der Waals surface area contributed by atoms with Gasteiger partial charge in [0.25, 0.3) is 0 Å². The van der Waals surface area contributed by atoms with Crippen LogP contribution in [0.3, 0.4) is 0 Å². The number of hydrogen-bond acceptors (Lipinski definition) is 5. The number of thiol groups is 1. The van der Waals surface area contributed by atoms with Gasteiger partial charge in [-0.3, -0.25) is 0 Å². The Morgan fingerprint density at radius 2 is 2.00 bits per heavy atom. The third-order valence-corrected chi connectivity index (χ3v) is 3.20. The zero-order valence-corrected chi connectivity index (χ0v) is 11.4. The van der Waals surface area contributed by atoms with Crippen molar-refractivity contribution in [2.45, 2.75) is 50.6 Å². The molecule has 17 heavy (non-hydrogen) atoms. The van der Waals surface area contributed by atoms with Gasteiger partial charge in [-0.2, -0.15) is 12.6 Å². The molecule has 0 rings (SSSR count). The van der Waals surface area contributed by atoms with Crippen molar-refractivity contribution in [1.82, 2.24) is 0 Å². The maximum atomic E-state index is 9.69. The average Bonchev–Trinajstić information content (AvgIpc) is 2.36. The highest BCUT2D eigenvalue weighted by Crippen LogP contribution is 2.13. The van der Waals surface area contributed by atoms with Crippen LogP contribution in [0.1, 0.15) is 33.1 Å². The fourth-order valence-corrected chi connectivity index (χ4v) is 1.49. The van der Waals surface area contributed by atoms with Crippen molar-refractivity contribution < 1.29 is 20.1 Å². The van der Waals surface area contributed by atoms with Crippen LogP contribution in [-0.2, 0) is 4.74 Å². The van der Waals surface area contributed by atoms with Crippen LogP contribution < -0.4 is 0 Å². The van der Waals surface area contributed by atoms with Crippen LogP contribution >= 0.6 is 12.6 Å². The van der Waals surface area contributed by atoms with Crippen LogP contribution in [0.15, 0.2) is 11.8 Å². The van der Waals surface area contributed by atoms with Gasteiger partial charge < -0.3 is 20.1 Å². The first-order chi connectivity index (χ1) is 8.06. The molecule has 0 aliphatic rings. The second-order valence-corrected chi connectivity index (χ2v) is 4.57. The Labute approximate surface area is 109 Å². The molecule has 5 heteroatoms. The molecule has 0 saturated carbocycles. The highest BCUT2D eigenvalue weighted by Gasteiger charge is 2.23. The van der Waals surface area contributed by atoms with Crippen molar-refractivity contribution in [3.8, 4) is 0 Å². The zero-order chi connectivity index (χ0) is 13.3. The van der Waals surface area contributed by atoms with Crippen LogP contribution in [-0.4, -0.2) is 46.0 Å². The molecule has 0 aliphatic heterocycles. The van der Waals surface area contributed by atoms with E-state index in [1.165, 1.54) is 0 Å². The third kappa shape index (κ3) is 6.93. The average molecular weight is 264 g/mol. The quantitative estimate of drug-likeness (QED) is 0.372. The van der Waals surface area contributed by atoms with Gasteiger partial charge in [-0.25, -0.2) is 0 Å². The van der Waals surface area contributed by atoms with Gasteiger partial charge in [0.1, 0.15) is 12.7 Å². The van der Waals surface area contributed by atoms with Gasteiger partial charge in [-0.15, -0.1) is 0 Å². The van der Waals surface area contributed by atoms with Crippen molar-refractivity contribution in [1.29, 1.82) is 0 Å². The van der Waals surface area contributed by atoms with E-state index in [1.54, 1.807) is 0 Å². The summed E-state index contributed by atoms with van der Waals surface area (Å²) in [6, 6.07) is 0. The Morgan fingerprint density at radius 3 is 2.47 bits per heavy atom. The van der Waals surface area contributed by atoms with Crippen LogP contribution in [0.5, 0.6) is 0 Å². The molecule has 1 unspecified atom stereocenters.